The van der Waals surface area contributed by atoms with Gasteiger partial charge in [0.2, 0.25) is 15.9 Å². The van der Waals surface area contributed by atoms with E-state index in [1.54, 1.807) is 24.3 Å². The molecule has 1 amide bonds. The van der Waals surface area contributed by atoms with E-state index in [0.717, 1.165) is 6.42 Å². The number of amides is 1. The number of piperidine rings is 1. The van der Waals surface area contributed by atoms with E-state index in [9.17, 15) is 18.0 Å². The van der Waals surface area contributed by atoms with E-state index in [1.165, 1.54) is 11.4 Å². The quantitative estimate of drug-likeness (QED) is 0.730. The molecule has 1 aromatic carbocycles. The second-order valence-electron chi connectivity index (χ2n) is 6.37. The number of hydrogen-bond acceptors (Lipinski definition) is 5. The first kappa shape index (κ1) is 20.4. The normalized spacial score (nSPS) is 16.2. The Bertz CT molecular complexity index is 740. The van der Waals surface area contributed by atoms with E-state index >= 15 is 0 Å². The highest BCUT2D eigenvalue weighted by Crippen LogP contribution is 2.23. The van der Waals surface area contributed by atoms with Crippen LogP contribution in [0.15, 0.2) is 24.3 Å². The van der Waals surface area contributed by atoms with E-state index < -0.39 is 16.0 Å². The minimum Gasteiger partial charge on any atom is -0.465 e. The Morgan fingerprint density at radius 2 is 1.88 bits per heavy atom. The molecular weight excluding hydrogens is 356 g/mol. The number of ether oxygens (including phenoxy) is 1. The lowest BCUT2D eigenvalue weighted by Gasteiger charge is -2.30. The molecule has 0 radical (unpaired) electrons. The maximum atomic E-state index is 12.5. The van der Waals surface area contributed by atoms with Crippen LogP contribution in [0.3, 0.4) is 0 Å². The van der Waals surface area contributed by atoms with Crippen LogP contribution in [0.1, 0.15) is 43.0 Å². The van der Waals surface area contributed by atoms with Crippen molar-refractivity contribution in [3.05, 3.63) is 29.8 Å². The molecule has 1 aliphatic heterocycles. The predicted octanol–water partition coefficient (Wildman–Crippen LogP) is 2.25. The van der Waals surface area contributed by atoms with Gasteiger partial charge in [0.25, 0.3) is 0 Å². The highest BCUT2D eigenvalue weighted by atomic mass is 32.2. The molecule has 1 heterocycles. The Hall–Kier alpha value is -1.93. The van der Waals surface area contributed by atoms with Crippen LogP contribution in [0.4, 0.5) is 5.69 Å². The minimum absolute atomic E-state index is 0.160. The fourth-order valence-corrected chi connectivity index (χ4v) is 4.65. The number of esters is 1. The molecule has 1 aromatic rings. The van der Waals surface area contributed by atoms with Crippen LogP contribution in [0.2, 0.25) is 0 Å². The topological polar surface area (TPSA) is 92.8 Å². The molecule has 1 N–H and O–H groups in total. The molecule has 1 fully saturated rings. The van der Waals surface area contributed by atoms with Gasteiger partial charge in [0.1, 0.15) is 0 Å². The minimum atomic E-state index is -3.23. The van der Waals surface area contributed by atoms with E-state index in [-0.39, 0.29) is 17.6 Å². The number of carbonyl (C=O) groups excluding carboxylic acids is 2. The van der Waals surface area contributed by atoms with E-state index in [1.807, 2.05) is 6.92 Å². The first-order valence-electron chi connectivity index (χ1n) is 8.85. The zero-order chi connectivity index (χ0) is 19.2. The van der Waals surface area contributed by atoms with Crippen molar-refractivity contribution in [2.45, 2.75) is 32.6 Å². The Morgan fingerprint density at radius 3 is 2.50 bits per heavy atom. The van der Waals surface area contributed by atoms with E-state index in [4.69, 9.17) is 4.74 Å². The van der Waals surface area contributed by atoms with Crippen molar-refractivity contribution < 1.29 is 22.7 Å². The average Bonchev–Trinajstić information content (AvgIpc) is 2.66. The lowest BCUT2D eigenvalue weighted by Crippen LogP contribution is -2.42. The molecule has 0 unspecified atom stereocenters. The SMILES string of the molecule is CCCCS(=O)(=O)N1CCC(C(=O)Nc2ccccc2C(=O)OC)CC1. The van der Waals surface area contributed by atoms with Crippen LogP contribution >= 0.6 is 0 Å². The number of benzene rings is 1. The third-order valence-corrected chi connectivity index (χ3v) is 6.52. The summed E-state index contributed by atoms with van der Waals surface area (Å²) < 4.78 is 30.7. The van der Waals surface area contributed by atoms with Crippen LogP contribution in [-0.4, -0.2) is 50.6 Å². The largest absolute Gasteiger partial charge is 0.465 e. The molecule has 1 aliphatic rings. The van der Waals surface area contributed by atoms with Crippen molar-refractivity contribution in [1.82, 2.24) is 4.31 Å². The van der Waals surface area contributed by atoms with Crippen LogP contribution in [-0.2, 0) is 19.6 Å². The molecule has 8 heteroatoms. The number of para-hydroxylation sites is 1. The van der Waals surface area contributed by atoms with Gasteiger partial charge in [0.05, 0.1) is 24.1 Å². The molecule has 0 bridgehead atoms. The summed E-state index contributed by atoms with van der Waals surface area (Å²) >= 11 is 0. The van der Waals surface area contributed by atoms with Crippen LogP contribution in [0, 0.1) is 5.92 Å². The first-order chi connectivity index (χ1) is 12.4. The van der Waals surface area contributed by atoms with Gasteiger partial charge < -0.3 is 10.1 Å². The van der Waals surface area contributed by atoms with Crippen LogP contribution < -0.4 is 5.32 Å². The number of anilines is 1. The fraction of sp³-hybridized carbons (Fsp3) is 0.556. The summed E-state index contributed by atoms with van der Waals surface area (Å²) in [7, 11) is -1.95. The van der Waals surface area contributed by atoms with Crippen molar-refractivity contribution in [1.29, 1.82) is 0 Å². The van der Waals surface area contributed by atoms with E-state index in [2.05, 4.69) is 5.32 Å². The highest BCUT2D eigenvalue weighted by Gasteiger charge is 2.31. The van der Waals surface area contributed by atoms with Crippen LogP contribution in [0.25, 0.3) is 0 Å². The summed E-state index contributed by atoms with van der Waals surface area (Å²) in [5, 5.41) is 2.78. The van der Waals surface area contributed by atoms with E-state index in [0.29, 0.717) is 43.6 Å². The standard InChI is InChI=1S/C18H26N2O5S/c1-3-4-13-26(23,24)20-11-9-14(10-12-20)17(21)19-16-8-6-5-7-15(16)18(22)25-2/h5-8,14H,3-4,9-13H2,1-2H3,(H,19,21). The van der Waals surface area contributed by atoms with Gasteiger partial charge in [0.15, 0.2) is 0 Å². The number of carbonyl (C=O) groups is 2. The maximum Gasteiger partial charge on any atom is 0.339 e. The second-order valence-corrected chi connectivity index (χ2v) is 8.46. The number of nitrogens with zero attached hydrogens (tertiary/aromatic N) is 1. The van der Waals surface area contributed by atoms with Crippen molar-refractivity contribution in [3.63, 3.8) is 0 Å². The highest BCUT2D eigenvalue weighted by molar-refractivity contribution is 7.89. The number of rotatable bonds is 7. The molecule has 0 atom stereocenters. The summed E-state index contributed by atoms with van der Waals surface area (Å²) in [5.74, 6) is -0.838. The summed E-state index contributed by atoms with van der Waals surface area (Å²) in [4.78, 5) is 24.3. The predicted molar refractivity (Wildman–Crippen MR) is 99.4 cm³/mol. The third kappa shape index (κ3) is 5.04. The van der Waals surface area contributed by atoms with Gasteiger partial charge in [0, 0.05) is 19.0 Å². The summed E-state index contributed by atoms with van der Waals surface area (Å²) in [6, 6.07) is 6.66. The maximum absolute atomic E-state index is 12.5. The Labute approximate surface area is 154 Å². The Balaban J connectivity index is 1.96. The van der Waals surface area contributed by atoms with Gasteiger partial charge in [-0.3, -0.25) is 4.79 Å². The van der Waals surface area contributed by atoms with Crippen molar-refractivity contribution in [2.75, 3.05) is 31.3 Å². The zero-order valence-electron chi connectivity index (χ0n) is 15.2. The van der Waals surface area contributed by atoms with Gasteiger partial charge in [-0.25, -0.2) is 17.5 Å². The molecule has 0 saturated carbocycles. The average molecular weight is 382 g/mol. The Kier molecular flexibility index (Phi) is 7.16. The smallest absolute Gasteiger partial charge is 0.339 e. The monoisotopic (exact) mass is 382 g/mol. The molecule has 0 spiro atoms. The van der Waals surface area contributed by atoms with Crippen molar-refractivity contribution in [3.8, 4) is 0 Å². The lowest BCUT2D eigenvalue weighted by molar-refractivity contribution is -0.120. The number of nitrogens with one attached hydrogen (secondary N) is 1. The van der Waals surface area contributed by atoms with Crippen LogP contribution in [0.5, 0.6) is 0 Å². The van der Waals surface area contributed by atoms with Gasteiger partial charge >= 0.3 is 5.97 Å². The summed E-state index contributed by atoms with van der Waals surface area (Å²) in [6.45, 7) is 2.66. The zero-order valence-corrected chi connectivity index (χ0v) is 16.0. The molecule has 2 rings (SSSR count). The van der Waals surface area contributed by atoms with Gasteiger partial charge in [-0.05, 0) is 31.4 Å². The Morgan fingerprint density at radius 1 is 1.23 bits per heavy atom. The fourth-order valence-electron chi connectivity index (χ4n) is 2.97. The molecule has 7 nitrogen and oxygen atoms in total. The molecule has 26 heavy (non-hydrogen) atoms. The molecular formula is C18H26N2O5S. The number of methoxy groups -OCH3 is 1. The molecule has 0 aromatic heterocycles. The molecule has 144 valence electrons. The second kappa shape index (κ2) is 9.14. The van der Waals surface area contributed by atoms with Gasteiger partial charge in [-0.2, -0.15) is 0 Å². The molecule has 1 saturated heterocycles. The number of unbranched alkanes of at least 4 members (excludes halogenated alkanes) is 1. The van der Waals surface area contributed by atoms with Gasteiger partial charge in [-0.15, -0.1) is 0 Å². The summed E-state index contributed by atoms with van der Waals surface area (Å²) in [5.41, 5.74) is 0.699. The third-order valence-electron chi connectivity index (χ3n) is 4.56. The van der Waals surface area contributed by atoms with Crippen molar-refractivity contribution in [2.24, 2.45) is 5.92 Å². The number of sulfonamides is 1. The lowest BCUT2D eigenvalue weighted by atomic mass is 9.97. The van der Waals surface area contributed by atoms with Gasteiger partial charge in [-0.1, -0.05) is 25.5 Å². The van der Waals surface area contributed by atoms with Crippen molar-refractivity contribution >= 4 is 27.6 Å². The summed E-state index contributed by atoms with van der Waals surface area (Å²) in [6.07, 6.45) is 2.42. The number of hydrogen-bond donors (Lipinski definition) is 1. The first-order valence-corrected chi connectivity index (χ1v) is 10.5. The molecule has 0 aliphatic carbocycles.